The average molecular weight is 276 g/mol. The van der Waals surface area contributed by atoms with Crippen molar-refractivity contribution < 1.29 is 4.79 Å². The Bertz CT molecular complexity index is 503. The maximum absolute atomic E-state index is 12.6. The van der Waals surface area contributed by atoms with E-state index >= 15 is 0 Å². The lowest BCUT2D eigenvalue weighted by atomic mass is 9.90. The zero-order valence-corrected chi connectivity index (χ0v) is 12.7. The summed E-state index contributed by atoms with van der Waals surface area (Å²) in [7, 11) is 0. The molecule has 1 saturated carbocycles. The molecule has 0 aliphatic heterocycles. The number of hydrazine groups is 1. The van der Waals surface area contributed by atoms with Gasteiger partial charge < -0.3 is 10.3 Å². The molecule has 5 nitrogen and oxygen atoms in total. The van der Waals surface area contributed by atoms with Gasteiger partial charge in [-0.05, 0) is 31.9 Å². The molecule has 2 rings (SSSR count). The zero-order chi connectivity index (χ0) is 14.9. The molecule has 20 heavy (non-hydrogen) atoms. The van der Waals surface area contributed by atoms with Crippen LogP contribution in [0.2, 0.25) is 0 Å². The number of rotatable bonds is 4. The Hall–Kier alpha value is -1.62. The number of nitrogens with two attached hydrogens (primary N) is 1. The fourth-order valence-corrected chi connectivity index (χ4v) is 2.23. The second-order valence-corrected chi connectivity index (χ2v) is 6.34. The molecule has 1 fully saturated rings. The topological polar surface area (TPSA) is 71.2 Å². The van der Waals surface area contributed by atoms with Crippen LogP contribution in [0.25, 0.3) is 0 Å². The smallest absolute Gasteiger partial charge is 0.254 e. The second kappa shape index (κ2) is 5.40. The fourth-order valence-electron chi connectivity index (χ4n) is 2.23. The Morgan fingerprint density at radius 1 is 1.45 bits per heavy atom. The quantitative estimate of drug-likeness (QED) is 0.654. The molecule has 0 unspecified atom stereocenters. The summed E-state index contributed by atoms with van der Waals surface area (Å²) < 4.78 is 0. The highest BCUT2D eigenvalue weighted by atomic mass is 16.2. The van der Waals surface area contributed by atoms with Crippen LogP contribution in [0.1, 0.15) is 56.6 Å². The maximum Gasteiger partial charge on any atom is 0.254 e. The summed E-state index contributed by atoms with van der Waals surface area (Å²) in [6.07, 6.45) is 2.22. The molecule has 0 aromatic carbocycles. The number of pyridine rings is 1. The van der Waals surface area contributed by atoms with Crippen LogP contribution >= 0.6 is 0 Å². The molecule has 1 aliphatic rings. The Balaban J connectivity index is 2.37. The molecule has 1 heterocycles. The van der Waals surface area contributed by atoms with E-state index in [-0.39, 0.29) is 11.3 Å². The van der Waals surface area contributed by atoms with E-state index in [9.17, 15) is 4.79 Å². The van der Waals surface area contributed by atoms with Crippen molar-refractivity contribution in [3.8, 4) is 0 Å². The van der Waals surface area contributed by atoms with Gasteiger partial charge in [-0.2, -0.15) is 0 Å². The highest BCUT2D eigenvalue weighted by molar-refractivity contribution is 5.95. The number of nitrogen functional groups attached to an aromatic ring is 1. The van der Waals surface area contributed by atoms with Crippen LogP contribution < -0.4 is 11.3 Å². The molecule has 1 aliphatic carbocycles. The first-order valence-electron chi connectivity index (χ1n) is 7.17. The number of hydrogen-bond donors (Lipinski definition) is 2. The number of hydrogen-bond acceptors (Lipinski definition) is 4. The Morgan fingerprint density at radius 3 is 2.55 bits per heavy atom. The summed E-state index contributed by atoms with van der Waals surface area (Å²) in [5.41, 5.74) is 3.95. The number of nitrogens with one attached hydrogen (secondary N) is 1. The monoisotopic (exact) mass is 276 g/mol. The van der Waals surface area contributed by atoms with E-state index in [1.165, 1.54) is 0 Å². The van der Waals surface area contributed by atoms with Gasteiger partial charge in [-0.25, -0.2) is 10.8 Å². The zero-order valence-electron chi connectivity index (χ0n) is 12.7. The van der Waals surface area contributed by atoms with Crippen molar-refractivity contribution in [2.45, 2.75) is 52.0 Å². The number of carbonyl (C=O) groups excluding carboxylic acids is 1. The van der Waals surface area contributed by atoms with Crippen molar-refractivity contribution in [2.75, 3.05) is 12.0 Å². The lowest BCUT2D eigenvalue weighted by molar-refractivity contribution is 0.0752. The molecule has 0 saturated heterocycles. The molecule has 0 bridgehead atoms. The first kappa shape index (κ1) is 14.8. The standard InChI is InChI=1S/C15H24N4O/c1-5-19(11-6-7-11)14(20)10-8-12(15(2,3)4)17-13(9-10)18-16/h8-9,11H,5-7,16H2,1-4H3,(H,17,18). The van der Waals surface area contributed by atoms with Gasteiger partial charge in [-0.1, -0.05) is 20.8 Å². The Morgan fingerprint density at radius 2 is 2.10 bits per heavy atom. The van der Waals surface area contributed by atoms with Crippen molar-refractivity contribution >= 4 is 11.7 Å². The van der Waals surface area contributed by atoms with Crippen molar-refractivity contribution in [3.05, 3.63) is 23.4 Å². The van der Waals surface area contributed by atoms with Crippen molar-refractivity contribution in [2.24, 2.45) is 5.84 Å². The minimum atomic E-state index is -0.126. The minimum Gasteiger partial charge on any atom is -0.336 e. The van der Waals surface area contributed by atoms with Crippen LogP contribution in [-0.2, 0) is 5.41 Å². The van der Waals surface area contributed by atoms with E-state index in [4.69, 9.17) is 5.84 Å². The molecule has 1 amide bonds. The summed E-state index contributed by atoms with van der Waals surface area (Å²) >= 11 is 0. The van der Waals surface area contributed by atoms with Gasteiger partial charge in [-0.15, -0.1) is 0 Å². The number of aromatic nitrogens is 1. The van der Waals surface area contributed by atoms with Gasteiger partial charge in [-0.3, -0.25) is 4.79 Å². The molecule has 0 atom stereocenters. The Labute approximate surface area is 120 Å². The number of anilines is 1. The molecule has 3 N–H and O–H groups in total. The molecular weight excluding hydrogens is 252 g/mol. The predicted molar refractivity (Wildman–Crippen MR) is 80.5 cm³/mol. The summed E-state index contributed by atoms with van der Waals surface area (Å²) in [4.78, 5) is 19.0. The van der Waals surface area contributed by atoms with Crippen LogP contribution in [0, 0.1) is 0 Å². The van der Waals surface area contributed by atoms with Gasteiger partial charge in [0, 0.05) is 29.3 Å². The van der Waals surface area contributed by atoms with Gasteiger partial charge in [0.2, 0.25) is 0 Å². The third kappa shape index (κ3) is 3.10. The number of amides is 1. The van der Waals surface area contributed by atoms with Crippen LogP contribution in [0.3, 0.4) is 0 Å². The van der Waals surface area contributed by atoms with E-state index in [1.807, 2.05) is 17.9 Å². The third-order valence-corrected chi connectivity index (χ3v) is 3.58. The molecule has 110 valence electrons. The first-order chi connectivity index (χ1) is 9.36. The van der Waals surface area contributed by atoms with Gasteiger partial charge in [0.1, 0.15) is 5.82 Å². The van der Waals surface area contributed by atoms with Crippen LogP contribution in [0.4, 0.5) is 5.82 Å². The lowest BCUT2D eigenvalue weighted by Gasteiger charge is -2.23. The average Bonchev–Trinajstić information content (AvgIpc) is 3.22. The summed E-state index contributed by atoms with van der Waals surface area (Å²) in [6, 6.07) is 4.02. The van der Waals surface area contributed by atoms with Gasteiger partial charge in [0.25, 0.3) is 5.91 Å². The predicted octanol–water partition coefficient (Wildman–Crippen LogP) is 2.29. The molecule has 0 radical (unpaired) electrons. The SMILES string of the molecule is CCN(C(=O)c1cc(NN)nc(C(C)(C)C)c1)C1CC1. The van der Waals surface area contributed by atoms with E-state index in [2.05, 4.69) is 31.2 Å². The fraction of sp³-hybridized carbons (Fsp3) is 0.600. The van der Waals surface area contributed by atoms with Gasteiger partial charge >= 0.3 is 0 Å². The minimum absolute atomic E-state index is 0.0689. The molecule has 1 aromatic heterocycles. The number of nitrogens with zero attached hydrogens (tertiary/aromatic N) is 2. The molecule has 0 spiro atoms. The highest BCUT2D eigenvalue weighted by Crippen LogP contribution is 2.29. The van der Waals surface area contributed by atoms with Crippen molar-refractivity contribution in [3.63, 3.8) is 0 Å². The van der Waals surface area contributed by atoms with E-state index in [0.717, 1.165) is 25.1 Å². The lowest BCUT2D eigenvalue weighted by Crippen LogP contribution is -2.33. The maximum atomic E-state index is 12.6. The normalized spacial score (nSPS) is 15.1. The van der Waals surface area contributed by atoms with Gasteiger partial charge in [0.15, 0.2) is 0 Å². The van der Waals surface area contributed by atoms with E-state index in [1.54, 1.807) is 6.07 Å². The van der Waals surface area contributed by atoms with Crippen LogP contribution in [0.5, 0.6) is 0 Å². The largest absolute Gasteiger partial charge is 0.336 e. The molecule has 1 aromatic rings. The van der Waals surface area contributed by atoms with Crippen molar-refractivity contribution in [1.82, 2.24) is 9.88 Å². The number of carbonyl (C=O) groups is 1. The molecule has 5 heteroatoms. The second-order valence-electron chi connectivity index (χ2n) is 6.34. The van der Waals surface area contributed by atoms with E-state index < -0.39 is 0 Å². The first-order valence-corrected chi connectivity index (χ1v) is 7.17. The van der Waals surface area contributed by atoms with Crippen molar-refractivity contribution in [1.29, 1.82) is 0 Å². The van der Waals surface area contributed by atoms with E-state index in [0.29, 0.717) is 17.4 Å². The Kier molecular flexibility index (Phi) is 3.99. The summed E-state index contributed by atoms with van der Waals surface area (Å²) in [5, 5.41) is 0. The molecular formula is C15H24N4O. The van der Waals surface area contributed by atoms with Crippen LogP contribution in [-0.4, -0.2) is 28.4 Å². The van der Waals surface area contributed by atoms with Gasteiger partial charge in [0.05, 0.1) is 0 Å². The summed E-state index contributed by atoms with van der Waals surface area (Å²) in [6.45, 7) is 8.97. The van der Waals surface area contributed by atoms with Crippen LogP contribution in [0.15, 0.2) is 12.1 Å². The highest BCUT2D eigenvalue weighted by Gasteiger charge is 2.32. The summed E-state index contributed by atoms with van der Waals surface area (Å²) in [5.74, 6) is 6.08. The third-order valence-electron chi connectivity index (χ3n) is 3.58.